The molecule has 130 valence electrons. The van der Waals surface area contributed by atoms with Gasteiger partial charge in [0.1, 0.15) is 23.1 Å². The van der Waals surface area contributed by atoms with Gasteiger partial charge < -0.3 is 19.6 Å². The third-order valence-electron chi connectivity index (χ3n) is 3.45. The number of hydrogen-bond donors (Lipinski definition) is 2. The van der Waals surface area contributed by atoms with Crippen molar-refractivity contribution in [3.63, 3.8) is 0 Å². The van der Waals surface area contributed by atoms with E-state index in [1.807, 2.05) is 38.1 Å². The number of nitrogens with one attached hydrogen (secondary N) is 1. The summed E-state index contributed by atoms with van der Waals surface area (Å²) >= 11 is 0. The number of anilines is 1. The molecular weight excluding hydrogens is 320 g/mol. The first-order valence-electron chi connectivity index (χ1n) is 8.07. The molecule has 0 aliphatic heterocycles. The number of phenols is 1. The molecule has 0 radical (unpaired) electrons. The zero-order valence-corrected chi connectivity index (χ0v) is 14.2. The average molecular weight is 340 g/mol. The number of aromatic hydroxyl groups is 1. The molecule has 1 aromatic carbocycles. The molecule has 0 aliphatic carbocycles. The van der Waals surface area contributed by atoms with E-state index < -0.39 is 0 Å². The van der Waals surface area contributed by atoms with E-state index >= 15 is 0 Å². The Bertz CT molecular complexity index is 831. The van der Waals surface area contributed by atoms with E-state index in [2.05, 4.69) is 20.3 Å². The lowest BCUT2D eigenvalue weighted by atomic mass is 10.1. The van der Waals surface area contributed by atoms with Crippen LogP contribution in [0, 0.1) is 6.92 Å². The SMILES string of the molecule is CCOc1nc(Cc2ccc(O)cc2)nc(NCc2ccc(C)o2)n1. The lowest BCUT2D eigenvalue weighted by molar-refractivity contribution is 0.310. The van der Waals surface area contributed by atoms with Crippen LogP contribution < -0.4 is 10.1 Å². The normalized spacial score (nSPS) is 10.6. The molecule has 3 aromatic rings. The molecule has 0 fully saturated rings. The summed E-state index contributed by atoms with van der Waals surface area (Å²) < 4.78 is 11.0. The Balaban J connectivity index is 1.77. The van der Waals surface area contributed by atoms with Gasteiger partial charge in [-0.3, -0.25) is 0 Å². The molecule has 2 heterocycles. The molecule has 0 spiro atoms. The van der Waals surface area contributed by atoms with Crippen LogP contribution in [0.25, 0.3) is 0 Å². The van der Waals surface area contributed by atoms with E-state index in [9.17, 15) is 5.11 Å². The van der Waals surface area contributed by atoms with Crippen molar-refractivity contribution >= 4 is 5.95 Å². The van der Waals surface area contributed by atoms with Crippen molar-refractivity contribution < 1.29 is 14.3 Å². The summed E-state index contributed by atoms with van der Waals surface area (Å²) in [5.74, 6) is 2.90. The van der Waals surface area contributed by atoms with Gasteiger partial charge in [-0.25, -0.2) is 0 Å². The summed E-state index contributed by atoms with van der Waals surface area (Å²) in [5, 5.41) is 12.5. The second kappa shape index (κ2) is 7.65. The maximum Gasteiger partial charge on any atom is 0.321 e. The second-order valence-electron chi connectivity index (χ2n) is 5.50. The van der Waals surface area contributed by atoms with E-state index in [1.54, 1.807) is 12.1 Å². The summed E-state index contributed by atoms with van der Waals surface area (Å²) in [6, 6.07) is 11.0. The zero-order chi connectivity index (χ0) is 17.6. The van der Waals surface area contributed by atoms with E-state index in [4.69, 9.17) is 9.15 Å². The van der Waals surface area contributed by atoms with Gasteiger partial charge in [-0.05, 0) is 43.7 Å². The van der Waals surface area contributed by atoms with Gasteiger partial charge >= 0.3 is 6.01 Å². The Morgan fingerprint density at radius 1 is 1.08 bits per heavy atom. The monoisotopic (exact) mass is 340 g/mol. The van der Waals surface area contributed by atoms with Crippen molar-refractivity contribution in [2.45, 2.75) is 26.8 Å². The fraction of sp³-hybridized carbons (Fsp3) is 0.278. The highest BCUT2D eigenvalue weighted by Gasteiger charge is 2.09. The molecule has 7 heteroatoms. The lowest BCUT2D eigenvalue weighted by Crippen LogP contribution is -2.09. The first-order chi connectivity index (χ1) is 12.1. The van der Waals surface area contributed by atoms with Crippen LogP contribution in [-0.4, -0.2) is 26.7 Å². The maximum atomic E-state index is 9.38. The third kappa shape index (κ3) is 4.69. The number of nitrogens with zero attached hydrogens (tertiary/aromatic N) is 3. The molecule has 0 bridgehead atoms. The van der Waals surface area contributed by atoms with Gasteiger partial charge in [-0.15, -0.1) is 0 Å². The number of ether oxygens (including phenoxy) is 1. The fourth-order valence-corrected chi connectivity index (χ4v) is 2.29. The van der Waals surface area contributed by atoms with Crippen molar-refractivity contribution in [2.75, 3.05) is 11.9 Å². The van der Waals surface area contributed by atoms with Crippen LogP contribution in [0.3, 0.4) is 0 Å². The molecule has 2 N–H and O–H groups in total. The van der Waals surface area contributed by atoms with Crippen molar-refractivity contribution in [3.05, 3.63) is 59.3 Å². The van der Waals surface area contributed by atoms with Gasteiger partial charge in [0, 0.05) is 6.42 Å². The van der Waals surface area contributed by atoms with Crippen molar-refractivity contribution in [1.82, 2.24) is 15.0 Å². The Morgan fingerprint density at radius 2 is 1.88 bits per heavy atom. The molecule has 3 rings (SSSR count). The number of aromatic nitrogens is 3. The van der Waals surface area contributed by atoms with E-state index in [-0.39, 0.29) is 11.8 Å². The molecule has 0 aliphatic rings. The molecule has 25 heavy (non-hydrogen) atoms. The van der Waals surface area contributed by atoms with Crippen LogP contribution >= 0.6 is 0 Å². The molecular formula is C18H20N4O3. The third-order valence-corrected chi connectivity index (χ3v) is 3.45. The zero-order valence-electron chi connectivity index (χ0n) is 14.2. The summed E-state index contributed by atoms with van der Waals surface area (Å²) in [4.78, 5) is 13.0. The minimum atomic E-state index is 0.227. The van der Waals surface area contributed by atoms with Gasteiger partial charge in [0.15, 0.2) is 0 Å². The van der Waals surface area contributed by atoms with Gasteiger partial charge in [-0.1, -0.05) is 12.1 Å². The highest BCUT2D eigenvalue weighted by atomic mass is 16.5. The van der Waals surface area contributed by atoms with Crippen LogP contribution in [0.2, 0.25) is 0 Å². The summed E-state index contributed by atoms with van der Waals surface area (Å²) in [5.41, 5.74) is 0.985. The van der Waals surface area contributed by atoms with Crippen molar-refractivity contribution in [1.29, 1.82) is 0 Å². The quantitative estimate of drug-likeness (QED) is 0.682. The Morgan fingerprint density at radius 3 is 2.56 bits per heavy atom. The predicted octanol–water partition coefficient (Wildman–Crippen LogP) is 3.08. The van der Waals surface area contributed by atoms with E-state index in [0.717, 1.165) is 17.1 Å². The number of benzene rings is 1. The number of aryl methyl sites for hydroxylation is 1. The minimum Gasteiger partial charge on any atom is -0.508 e. The van der Waals surface area contributed by atoms with E-state index in [0.29, 0.717) is 31.3 Å². The molecule has 0 amide bonds. The lowest BCUT2D eigenvalue weighted by Gasteiger charge is -2.08. The molecule has 0 saturated carbocycles. The summed E-state index contributed by atoms with van der Waals surface area (Å²) in [7, 11) is 0. The first kappa shape index (κ1) is 16.8. The summed E-state index contributed by atoms with van der Waals surface area (Å²) in [6.07, 6.45) is 0.511. The van der Waals surface area contributed by atoms with Crippen LogP contribution in [0.15, 0.2) is 40.8 Å². The van der Waals surface area contributed by atoms with Crippen LogP contribution in [0.1, 0.15) is 29.8 Å². The number of rotatable bonds is 7. The van der Waals surface area contributed by atoms with Crippen LogP contribution in [-0.2, 0) is 13.0 Å². The second-order valence-corrected chi connectivity index (χ2v) is 5.50. The smallest absolute Gasteiger partial charge is 0.321 e. The highest BCUT2D eigenvalue weighted by molar-refractivity contribution is 5.31. The number of hydrogen-bond acceptors (Lipinski definition) is 7. The molecule has 7 nitrogen and oxygen atoms in total. The topological polar surface area (TPSA) is 93.3 Å². The largest absolute Gasteiger partial charge is 0.508 e. The van der Waals surface area contributed by atoms with E-state index in [1.165, 1.54) is 0 Å². The highest BCUT2D eigenvalue weighted by Crippen LogP contribution is 2.15. The molecule has 0 unspecified atom stereocenters. The van der Waals surface area contributed by atoms with Gasteiger partial charge in [-0.2, -0.15) is 15.0 Å². The molecule has 0 atom stereocenters. The Kier molecular flexibility index (Phi) is 5.13. The first-order valence-corrected chi connectivity index (χ1v) is 8.07. The van der Waals surface area contributed by atoms with Gasteiger partial charge in [0.05, 0.1) is 13.2 Å². The molecule has 2 aromatic heterocycles. The average Bonchev–Trinajstić information content (AvgIpc) is 3.01. The fourth-order valence-electron chi connectivity index (χ4n) is 2.29. The van der Waals surface area contributed by atoms with Crippen LogP contribution in [0.5, 0.6) is 11.8 Å². The number of phenolic OH excluding ortho intramolecular Hbond substituents is 1. The summed E-state index contributed by atoms with van der Waals surface area (Å²) in [6.45, 7) is 4.72. The van der Waals surface area contributed by atoms with Gasteiger partial charge in [0.25, 0.3) is 0 Å². The van der Waals surface area contributed by atoms with Gasteiger partial charge in [0.2, 0.25) is 5.95 Å². The Labute approximate surface area is 145 Å². The standard InChI is InChI=1S/C18H20N4O3/c1-3-24-18-21-16(10-13-5-7-14(23)8-6-13)20-17(22-18)19-11-15-9-4-12(2)25-15/h4-9,23H,3,10-11H2,1-2H3,(H,19,20,21,22). The van der Waals surface area contributed by atoms with Crippen LogP contribution in [0.4, 0.5) is 5.95 Å². The Hall–Kier alpha value is -3.09. The van der Waals surface area contributed by atoms with Crippen molar-refractivity contribution in [3.8, 4) is 11.8 Å². The molecule has 0 saturated heterocycles. The predicted molar refractivity (Wildman–Crippen MR) is 92.7 cm³/mol. The van der Waals surface area contributed by atoms with Crippen molar-refractivity contribution in [2.24, 2.45) is 0 Å². The number of furan rings is 1. The minimum absolute atomic E-state index is 0.227. The maximum absolute atomic E-state index is 9.38.